The van der Waals surface area contributed by atoms with Gasteiger partial charge in [-0.05, 0) is 19.5 Å². The molecule has 12 heavy (non-hydrogen) atoms. The summed E-state index contributed by atoms with van der Waals surface area (Å²) in [7, 11) is 0. The molecule has 1 N–H and O–H groups in total. The molecule has 1 amide bonds. The maximum atomic E-state index is 11.2. The first kappa shape index (κ1) is 9.52. The molecule has 0 aromatic rings. The van der Waals surface area contributed by atoms with E-state index in [-0.39, 0.29) is 11.8 Å². The van der Waals surface area contributed by atoms with Crippen molar-refractivity contribution < 1.29 is 4.79 Å². The predicted octanol–water partition coefficient (Wildman–Crippen LogP) is 0.464. The summed E-state index contributed by atoms with van der Waals surface area (Å²) in [4.78, 5) is 13.5. The fraction of sp³-hybridized carbons (Fsp3) is 0.889. The first-order chi connectivity index (χ1) is 5.77. The smallest absolute Gasteiger partial charge is 0.224 e. The zero-order valence-electron chi connectivity index (χ0n) is 7.97. The van der Waals surface area contributed by atoms with Crippen LogP contribution in [0.4, 0.5) is 0 Å². The number of amides is 1. The van der Waals surface area contributed by atoms with Gasteiger partial charge in [-0.3, -0.25) is 4.79 Å². The Morgan fingerprint density at radius 3 is 2.58 bits per heavy atom. The van der Waals surface area contributed by atoms with Crippen molar-refractivity contribution in [1.29, 1.82) is 0 Å². The van der Waals surface area contributed by atoms with Gasteiger partial charge in [0.15, 0.2) is 0 Å². The number of carbonyl (C=O) groups is 1. The maximum Gasteiger partial charge on any atom is 0.224 e. The third kappa shape index (κ3) is 2.21. The molecular weight excluding hydrogens is 152 g/mol. The second-order valence-electron chi connectivity index (χ2n) is 3.26. The van der Waals surface area contributed by atoms with Crippen LogP contribution in [0.5, 0.6) is 0 Å². The molecule has 1 aliphatic rings. The SMILES string of the molecule is CCN(CC)CC1CCNC1=O. The highest BCUT2D eigenvalue weighted by Crippen LogP contribution is 2.10. The van der Waals surface area contributed by atoms with Crippen LogP contribution >= 0.6 is 0 Å². The first-order valence-electron chi connectivity index (χ1n) is 4.78. The summed E-state index contributed by atoms with van der Waals surface area (Å²) in [6.07, 6.45) is 1.01. The predicted molar refractivity (Wildman–Crippen MR) is 48.9 cm³/mol. The lowest BCUT2D eigenvalue weighted by Crippen LogP contribution is -2.32. The molecule has 3 nitrogen and oxygen atoms in total. The van der Waals surface area contributed by atoms with Gasteiger partial charge in [-0.1, -0.05) is 13.8 Å². The van der Waals surface area contributed by atoms with E-state index in [4.69, 9.17) is 0 Å². The van der Waals surface area contributed by atoms with E-state index in [2.05, 4.69) is 24.1 Å². The van der Waals surface area contributed by atoms with Crippen LogP contribution in [0.1, 0.15) is 20.3 Å². The average molecular weight is 170 g/mol. The van der Waals surface area contributed by atoms with Crippen LogP contribution in [-0.4, -0.2) is 37.0 Å². The monoisotopic (exact) mass is 170 g/mol. The molecule has 0 radical (unpaired) electrons. The first-order valence-corrected chi connectivity index (χ1v) is 4.78. The number of carbonyl (C=O) groups excluding carboxylic acids is 1. The van der Waals surface area contributed by atoms with E-state index in [9.17, 15) is 4.79 Å². The van der Waals surface area contributed by atoms with E-state index >= 15 is 0 Å². The molecule has 0 saturated carbocycles. The second-order valence-corrected chi connectivity index (χ2v) is 3.26. The maximum absolute atomic E-state index is 11.2. The summed E-state index contributed by atoms with van der Waals surface area (Å²) in [6, 6.07) is 0. The average Bonchev–Trinajstić information content (AvgIpc) is 2.47. The molecule has 1 heterocycles. The molecule has 1 aliphatic heterocycles. The van der Waals surface area contributed by atoms with Gasteiger partial charge in [0, 0.05) is 13.1 Å². The van der Waals surface area contributed by atoms with Gasteiger partial charge < -0.3 is 10.2 Å². The molecule has 0 aromatic carbocycles. The van der Waals surface area contributed by atoms with Gasteiger partial charge in [0.25, 0.3) is 0 Å². The number of rotatable bonds is 4. The van der Waals surface area contributed by atoms with Crippen molar-refractivity contribution in [3.8, 4) is 0 Å². The van der Waals surface area contributed by atoms with Crippen molar-refractivity contribution in [3.05, 3.63) is 0 Å². The Morgan fingerprint density at radius 2 is 2.17 bits per heavy atom. The summed E-state index contributed by atoms with van der Waals surface area (Å²) < 4.78 is 0. The Bertz CT molecular complexity index is 155. The zero-order valence-corrected chi connectivity index (χ0v) is 7.97. The van der Waals surface area contributed by atoms with Crippen LogP contribution in [0.3, 0.4) is 0 Å². The standard InChI is InChI=1S/C9H18N2O/c1-3-11(4-2)7-8-5-6-10-9(8)12/h8H,3-7H2,1-2H3,(H,10,12). The molecule has 0 spiro atoms. The van der Waals surface area contributed by atoms with Crippen molar-refractivity contribution in [3.63, 3.8) is 0 Å². The molecule has 1 rings (SSSR count). The lowest BCUT2D eigenvalue weighted by atomic mass is 10.1. The fourth-order valence-corrected chi connectivity index (χ4v) is 1.61. The van der Waals surface area contributed by atoms with Crippen LogP contribution in [0.25, 0.3) is 0 Å². The summed E-state index contributed by atoms with van der Waals surface area (Å²) >= 11 is 0. The minimum atomic E-state index is 0.238. The van der Waals surface area contributed by atoms with E-state index in [1.807, 2.05) is 0 Å². The fourth-order valence-electron chi connectivity index (χ4n) is 1.61. The van der Waals surface area contributed by atoms with Crippen molar-refractivity contribution >= 4 is 5.91 Å². The lowest BCUT2D eigenvalue weighted by Gasteiger charge is -2.20. The van der Waals surface area contributed by atoms with E-state index in [1.54, 1.807) is 0 Å². The molecular formula is C9H18N2O. The summed E-state index contributed by atoms with van der Waals surface area (Å²) in [5.41, 5.74) is 0. The van der Waals surface area contributed by atoms with Crippen LogP contribution < -0.4 is 5.32 Å². The molecule has 70 valence electrons. The Hall–Kier alpha value is -0.570. The van der Waals surface area contributed by atoms with Crippen molar-refractivity contribution in [2.75, 3.05) is 26.2 Å². The van der Waals surface area contributed by atoms with Crippen molar-refractivity contribution in [1.82, 2.24) is 10.2 Å². The van der Waals surface area contributed by atoms with Crippen LogP contribution in [0.2, 0.25) is 0 Å². The Balaban J connectivity index is 2.33. The van der Waals surface area contributed by atoms with Gasteiger partial charge in [0.2, 0.25) is 5.91 Å². The van der Waals surface area contributed by atoms with E-state index in [0.717, 1.165) is 32.6 Å². The summed E-state index contributed by atoms with van der Waals surface area (Å²) in [5.74, 6) is 0.479. The molecule has 1 atom stereocenters. The van der Waals surface area contributed by atoms with Gasteiger partial charge in [-0.25, -0.2) is 0 Å². The highest BCUT2D eigenvalue weighted by molar-refractivity contribution is 5.80. The molecule has 0 bridgehead atoms. The van der Waals surface area contributed by atoms with Crippen molar-refractivity contribution in [2.45, 2.75) is 20.3 Å². The van der Waals surface area contributed by atoms with E-state index in [0.29, 0.717) is 0 Å². The van der Waals surface area contributed by atoms with Crippen LogP contribution in [0, 0.1) is 5.92 Å². The largest absolute Gasteiger partial charge is 0.356 e. The van der Waals surface area contributed by atoms with Gasteiger partial charge in [0.1, 0.15) is 0 Å². The third-order valence-corrected chi connectivity index (χ3v) is 2.54. The number of hydrogen-bond acceptors (Lipinski definition) is 2. The zero-order chi connectivity index (χ0) is 8.97. The van der Waals surface area contributed by atoms with E-state index in [1.165, 1.54) is 0 Å². The molecule has 1 fully saturated rings. The Labute approximate surface area is 74.1 Å². The quantitative estimate of drug-likeness (QED) is 0.665. The Morgan fingerprint density at radius 1 is 1.50 bits per heavy atom. The van der Waals surface area contributed by atoms with Crippen molar-refractivity contribution in [2.24, 2.45) is 5.92 Å². The normalized spacial score (nSPS) is 23.2. The van der Waals surface area contributed by atoms with Gasteiger partial charge in [-0.2, -0.15) is 0 Å². The molecule has 1 unspecified atom stereocenters. The molecule has 3 heteroatoms. The minimum Gasteiger partial charge on any atom is -0.356 e. The number of nitrogens with one attached hydrogen (secondary N) is 1. The van der Waals surface area contributed by atoms with Crippen LogP contribution in [-0.2, 0) is 4.79 Å². The van der Waals surface area contributed by atoms with Crippen LogP contribution in [0.15, 0.2) is 0 Å². The van der Waals surface area contributed by atoms with E-state index < -0.39 is 0 Å². The number of nitrogens with zero attached hydrogens (tertiary/aromatic N) is 1. The van der Waals surface area contributed by atoms with Gasteiger partial charge in [0.05, 0.1) is 5.92 Å². The molecule has 0 aromatic heterocycles. The summed E-state index contributed by atoms with van der Waals surface area (Å²) in [6.45, 7) is 8.15. The summed E-state index contributed by atoms with van der Waals surface area (Å²) in [5, 5.41) is 2.86. The molecule has 0 aliphatic carbocycles. The highest BCUT2D eigenvalue weighted by atomic mass is 16.2. The topological polar surface area (TPSA) is 32.3 Å². The number of hydrogen-bond donors (Lipinski definition) is 1. The Kier molecular flexibility index (Phi) is 3.53. The van der Waals surface area contributed by atoms with Gasteiger partial charge >= 0.3 is 0 Å². The molecule has 1 saturated heterocycles. The third-order valence-electron chi connectivity index (χ3n) is 2.54. The second kappa shape index (κ2) is 4.45. The minimum absolute atomic E-state index is 0.238. The van der Waals surface area contributed by atoms with Gasteiger partial charge in [-0.15, -0.1) is 0 Å². The lowest BCUT2D eigenvalue weighted by molar-refractivity contribution is -0.122. The highest BCUT2D eigenvalue weighted by Gasteiger charge is 2.24.